The lowest BCUT2D eigenvalue weighted by Crippen LogP contribution is -2.37. The van der Waals surface area contributed by atoms with E-state index in [1.54, 1.807) is 6.08 Å². The third-order valence-corrected chi connectivity index (χ3v) is 10.8. The number of phosphoric ester groups is 1. The van der Waals surface area contributed by atoms with Crippen LogP contribution in [0.25, 0.3) is 0 Å². The van der Waals surface area contributed by atoms with Crippen molar-refractivity contribution >= 4 is 19.8 Å². The number of hydrogen-bond acceptors (Lipinski definition) is 9. The summed E-state index contributed by atoms with van der Waals surface area (Å²) in [4.78, 5) is 35.5. The number of aliphatic hydroxyl groups is 1. The minimum absolute atomic E-state index is 0.00268. The zero-order chi connectivity index (χ0) is 44.5. The number of aryl methyl sites for hydroxylation is 2. The smallest absolute Gasteiger partial charge is 0.466 e. The highest BCUT2D eigenvalue weighted by Crippen LogP contribution is 2.43. The molecule has 0 saturated carbocycles. The number of rotatable bonds is 36. The molecule has 1 heterocycles. The molecule has 12 heteroatoms. The van der Waals surface area contributed by atoms with E-state index >= 15 is 0 Å². The van der Waals surface area contributed by atoms with Gasteiger partial charge in [0.2, 0.25) is 0 Å². The van der Waals surface area contributed by atoms with Crippen LogP contribution in [0.5, 0.6) is 0 Å². The number of likely N-dealkylation sites (N-methyl/N-ethyl adjacent to an activating group) is 1. The molecule has 0 aromatic carbocycles. The summed E-state index contributed by atoms with van der Waals surface area (Å²) in [6.45, 7) is 8.34. The number of aliphatic hydroxyl groups excluding tert-OH is 1. The molecule has 0 spiro atoms. The van der Waals surface area contributed by atoms with Gasteiger partial charge in [-0.3, -0.25) is 18.6 Å². The lowest BCUT2D eigenvalue weighted by molar-refractivity contribution is -0.870. The number of furan rings is 1. The standard InChI is InChI=1S/C48H80NO10P/c1-8-10-11-12-21-26-32-43(50)33-27-22-17-13-15-19-24-29-35-47(51)55-39-44(40-57-60(53,54)56-38-37-49(5,6)7)58-48(52)36-30-25-20-16-14-18-23-28-34-46-42(4)41(3)45(59-46)31-9-2/h10-11,15,17,19,21-22,26-27,33,43-44,50H,8-9,12-14,16,18,20,23-25,28-32,34-40H2,1-7H3/p+1/b11-10-,19-15-,22-17-,26-21-,33-27+/t43?,44-/m1/s1. The predicted octanol–water partition coefficient (Wildman–Crippen LogP) is 11.1. The first-order chi connectivity index (χ1) is 28.7. The number of quaternary nitrogens is 1. The summed E-state index contributed by atoms with van der Waals surface area (Å²) >= 11 is 0. The minimum atomic E-state index is -4.42. The molecule has 0 radical (unpaired) electrons. The Bertz CT molecular complexity index is 1500. The molecule has 0 aliphatic carbocycles. The van der Waals surface area contributed by atoms with Crippen molar-refractivity contribution in [2.75, 3.05) is 47.5 Å². The van der Waals surface area contributed by atoms with Crippen molar-refractivity contribution in [3.8, 4) is 0 Å². The highest BCUT2D eigenvalue weighted by Gasteiger charge is 2.27. The SMILES string of the molecule is CC/C=C\C/C=C\CC(O)/C=C/C=C\C/C=C\CCCC(=O)OC[C@H](COP(=O)(O)OCC[N+](C)(C)C)OC(=O)CCCCCCCCCCc1oc(CCC)c(C)c1C. The van der Waals surface area contributed by atoms with Crippen LogP contribution in [0, 0.1) is 13.8 Å². The van der Waals surface area contributed by atoms with Crippen LogP contribution >= 0.6 is 7.82 Å². The highest BCUT2D eigenvalue weighted by atomic mass is 31.2. The van der Waals surface area contributed by atoms with Crippen molar-refractivity contribution < 1.29 is 51.6 Å². The molecule has 0 bridgehead atoms. The highest BCUT2D eigenvalue weighted by molar-refractivity contribution is 7.47. The quantitative estimate of drug-likeness (QED) is 0.0167. The van der Waals surface area contributed by atoms with Gasteiger partial charge in [0.15, 0.2) is 6.10 Å². The molecule has 1 aromatic heterocycles. The van der Waals surface area contributed by atoms with Gasteiger partial charge in [-0.2, -0.15) is 0 Å². The van der Waals surface area contributed by atoms with E-state index in [1.165, 1.54) is 24.0 Å². The van der Waals surface area contributed by atoms with Crippen LogP contribution < -0.4 is 0 Å². The molecule has 0 amide bonds. The maximum absolute atomic E-state index is 12.8. The summed E-state index contributed by atoms with van der Waals surface area (Å²) in [6, 6.07) is 0. The van der Waals surface area contributed by atoms with Crippen molar-refractivity contribution in [3.63, 3.8) is 0 Å². The first kappa shape index (κ1) is 55.0. The fourth-order valence-electron chi connectivity index (χ4n) is 6.06. The topological polar surface area (TPSA) is 142 Å². The number of nitrogens with zero attached hydrogens (tertiary/aromatic N) is 1. The third-order valence-electron chi connectivity index (χ3n) is 9.82. The van der Waals surface area contributed by atoms with Crippen molar-refractivity contribution in [2.45, 2.75) is 162 Å². The molecule has 2 unspecified atom stereocenters. The Morgan fingerprint density at radius 1 is 0.733 bits per heavy atom. The van der Waals surface area contributed by atoms with Crippen LogP contribution in [0.4, 0.5) is 0 Å². The second kappa shape index (κ2) is 33.6. The normalized spacial score (nSPS) is 14.6. The lowest BCUT2D eigenvalue weighted by Gasteiger charge is -2.24. The van der Waals surface area contributed by atoms with Gasteiger partial charge in [-0.15, -0.1) is 0 Å². The van der Waals surface area contributed by atoms with E-state index in [9.17, 15) is 24.2 Å². The first-order valence-electron chi connectivity index (χ1n) is 22.5. The number of allylic oxidation sites excluding steroid dienone is 8. The molecule has 0 fully saturated rings. The zero-order valence-electron chi connectivity index (χ0n) is 38.2. The molecule has 3 atom stereocenters. The second-order valence-corrected chi connectivity index (χ2v) is 17.9. The van der Waals surface area contributed by atoms with Gasteiger partial charge in [0, 0.05) is 25.7 Å². The Hall–Kier alpha value is -3.05. The van der Waals surface area contributed by atoms with Gasteiger partial charge < -0.3 is 28.4 Å². The van der Waals surface area contributed by atoms with Crippen molar-refractivity contribution in [1.29, 1.82) is 0 Å². The summed E-state index contributed by atoms with van der Waals surface area (Å²) in [7, 11) is 1.38. The van der Waals surface area contributed by atoms with E-state index < -0.39 is 38.6 Å². The number of carbonyl (C=O) groups is 2. The Balaban J connectivity index is 2.41. The van der Waals surface area contributed by atoms with E-state index in [0.717, 1.165) is 82.1 Å². The Morgan fingerprint density at radius 2 is 1.35 bits per heavy atom. The zero-order valence-corrected chi connectivity index (χ0v) is 39.1. The summed E-state index contributed by atoms with van der Waals surface area (Å²) in [6.07, 6.45) is 34.4. The minimum Gasteiger partial charge on any atom is -0.466 e. The number of unbranched alkanes of at least 4 members (excludes halogenated alkanes) is 8. The molecule has 0 aliphatic rings. The van der Waals surface area contributed by atoms with Crippen LogP contribution in [-0.2, 0) is 45.5 Å². The molecule has 60 heavy (non-hydrogen) atoms. The lowest BCUT2D eigenvalue weighted by atomic mass is 10.0. The van der Waals surface area contributed by atoms with Crippen LogP contribution in [-0.4, -0.2) is 86.1 Å². The first-order valence-corrected chi connectivity index (χ1v) is 24.0. The van der Waals surface area contributed by atoms with E-state index in [0.29, 0.717) is 36.7 Å². The van der Waals surface area contributed by atoms with Crippen molar-refractivity contribution in [3.05, 3.63) is 83.4 Å². The average molecular weight is 863 g/mol. The molecule has 11 nitrogen and oxygen atoms in total. The van der Waals surface area contributed by atoms with Gasteiger partial charge in [0.1, 0.15) is 31.3 Å². The fourth-order valence-corrected chi connectivity index (χ4v) is 6.80. The maximum atomic E-state index is 12.8. The van der Waals surface area contributed by atoms with E-state index in [-0.39, 0.29) is 26.1 Å². The Labute approximate surface area is 363 Å². The van der Waals surface area contributed by atoms with Crippen molar-refractivity contribution in [2.24, 2.45) is 0 Å². The molecule has 2 N–H and O–H groups in total. The van der Waals surface area contributed by atoms with Crippen molar-refractivity contribution in [1.82, 2.24) is 0 Å². The summed E-state index contributed by atoms with van der Waals surface area (Å²) < 4.78 is 40.4. The van der Waals surface area contributed by atoms with Crippen LogP contribution in [0.3, 0.4) is 0 Å². The van der Waals surface area contributed by atoms with Gasteiger partial charge in [-0.1, -0.05) is 113 Å². The van der Waals surface area contributed by atoms with E-state index in [4.69, 9.17) is 22.9 Å². The summed E-state index contributed by atoms with van der Waals surface area (Å²) in [5, 5.41) is 10.0. The van der Waals surface area contributed by atoms with E-state index in [2.05, 4.69) is 45.9 Å². The molecule has 0 aliphatic heterocycles. The predicted molar refractivity (Wildman–Crippen MR) is 243 cm³/mol. The average Bonchev–Trinajstić information content (AvgIpc) is 3.45. The van der Waals surface area contributed by atoms with Gasteiger partial charge >= 0.3 is 19.8 Å². The fraction of sp³-hybridized carbons (Fsp3) is 0.667. The number of carbonyl (C=O) groups excluding carboxylic acids is 2. The molecular weight excluding hydrogens is 781 g/mol. The summed E-state index contributed by atoms with van der Waals surface area (Å²) in [5.41, 5.74) is 2.61. The second-order valence-electron chi connectivity index (χ2n) is 16.5. The molecule has 0 saturated heterocycles. The van der Waals surface area contributed by atoms with Crippen LogP contribution in [0.1, 0.15) is 146 Å². The largest absolute Gasteiger partial charge is 0.472 e. The maximum Gasteiger partial charge on any atom is 0.472 e. The van der Waals surface area contributed by atoms with Gasteiger partial charge in [-0.25, -0.2) is 4.57 Å². The Morgan fingerprint density at radius 3 is 2.03 bits per heavy atom. The number of esters is 2. The number of hydrogen-bond donors (Lipinski definition) is 2. The molecular formula is C48H81NO10P+. The summed E-state index contributed by atoms with van der Waals surface area (Å²) in [5.74, 6) is 1.34. The number of phosphoric acid groups is 1. The van der Waals surface area contributed by atoms with Gasteiger partial charge in [0.05, 0.1) is 33.9 Å². The van der Waals surface area contributed by atoms with Gasteiger partial charge in [-0.05, 0) is 82.8 Å². The third kappa shape index (κ3) is 30.1. The van der Waals surface area contributed by atoms with Crippen LogP contribution in [0.2, 0.25) is 0 Å². The molecule has 1 aromatic rings. The Kier molecular flexibility index (Phi) is 30.7. The van der Waals surface area contributed by atoms with E-state index in [1.807, 2.05) is 57.6 Å². The molecule has 1 rings (SSSR count). The number of ether oxygens (including phenoxy) is 2. The monoisotopic (exact) mass is 863 g/mol. The van der Waals surface area contributed by atoms with Crippen LogP contribution in [0.15, 0.2) is 65.2 Å². The van der Waals surface area contributed by atoms with Gasteiger partial charge in [0.25, 0.3) is 0 Å². The molecule has 342 valence electrons.